The van der Waals surface area contributed by atoms with Gasteiger partial charge in [0.1, 0.15) is 5.75 Å². The van der Waals surface area contributed by atoms with Crippen LogP contribution in [-0.4, -0.2) is 23.8 Å². The molecule has 0 aliphatic carbocycles. The Kier molecular flexibility index (Phi) is 6.37. The molecule has 68 valence electrons. The Morgan fingerprint density at radius 2 is 2.23 bits per heavy atom. The molecule has 0 radical (unpaired) electrons. The van der Waals surface area contributed by atoms with Crippen LogP contribution in [0.15, 0.2) is 24.3 Å². The molecule has 3 N–H and O–H groups in total. The maximum Gasteiger partial charge on any atom is 1.00 e. The van der Waals surface area contributed by atoms with Gasteiger partial charge in [-0.1, -0.05) is 12.1 Å². The van der Waals surface area contributed by atoms with Crippen LogP contribution in [0, 0.1) is 0 Å². The first-order valence-electron chi connectivity index (χ1n) is 3.85. The van der Waals surface area contributed by atoms with Gasteiger partial charge >= 0.3 is 29.6 Å². The molecule has 1 aromatic rings. The first-order chi connectivity index (χ1) is 5.74. The summed E-state index contributed by atoms with van der Waals surface area (Å²) in [5.74, 6) is 0.183. The molecule has 0 aromatic heterocycles. The molecule has 0 saturated carbocycles. The second-order valence-electron chi connectivity index (χ2n) is 2.67. The molecule has 1 rings (SSSR count). The Bertz CT molecular complexity index is 260. The maximum absolute atomic E-state index is 9.47. The Labute approximate surface area is 102 Å². The van der Waals surface area contributed by atoms with Crippen LogP contribution in [-0.2, 0) is 0 Å². The molecule has 3 nitrogen and oxygen atoms in total. The van der Waals surface area contributed by atoms with E-state index in [1.165, 1.54) is 0 Å². The van der Waals surface area contributed by atoms with E-state index in [4.69, 9.17) is 5.11 Å². The largest absolute Gasteiger partial charge is 1.00 e. The molecular formula is C9H14NNaO2. The van der Waals surface area contributed by atoms with Crippen molar-refractivity contribution in [1.29, 1.82) is 0 Å². The van der Waals surface area contributed by atoms with Crippen molar-refractivity contribution in [2.24, 2.45) is 0 Å². The second kappa shape index (κ2) is 6.40. The number of phenolic OH excluding ortho intramolecular Hbond substituents is 1. The summed E-state index contributed by atoms with van der Waals surface area (Å²) in [4.78, 5) is 0. The van der Waals surface area contributed by atoms with E-state index in [0.29, 0.717) is 6.54 Å². The van der Waals surface area contributed by atoms with Crippen molar-refractivity contribution < 1.29 is 41.2 Å². The van der Waals surface area contributed by atoms with Crippen molar-refractivity contribution in [1.82, 2.24) is 5.32 Å². The van der Waals surface area contributed by atoms with Crippen molar-refractivity contribution in [3.05, 3.63) is 29.8 Å². The van der Waals surface area contributed by atoms with Gasteiger partial charge in [0.2, 0.25) is 0 Å². The first kappa shape index (κ1) is 12.9. The van der Waals surface area contributed by atoms with Crippen LogP contribution < -0.4 is 34.9 Å². The molecule has 0 bridgehead atoms. The fourth-order valence-corrected chi connectivity index (χ4v) is 1.04. The van der Waals surface area contributed by atoms with Gasteiger partial charge in [0, 0.05) is 6.54 Å². The quantitative estimate of drug-likeness (QED) is 0.474. The van der Waals surface area contributed by atoms with E-state index in [9.17, 15) is 5.11 Å². The standard InChI is InChI=1S/C9H13NO2.Na.H/c1-10-6-9(12)7-3-2-4-8(11)5-7;;/h2-5,9-12H,6H2,1H3;;/q;+1;-1/t9-;;/m0../s1. The molecule has 0 aliphatic rings. The zero-order valence-corrected chi connectivity index (χ0v) is 9.99. The summed E-state index contributed by atoms with van der Waals surface area (Å²) in [5.41, 5.74) is 0.726. The van der Waals surface area contributed by atoms with E-state index in [1.54, 1.807) is 31.3 Å². The molecule has 0 aliphatic heterocycles. The van der Waals surface area contributed by atoms with Gasteiger partial charge in [-0.25, -0.2) is 0 Å². The smallest absolute Gasteiger partial charge is 1.00 e. The Balaban J connectivity index is 0. The molecule has 0 fully saturated rings. The molecule has 4 heteroatoms. The second-order valence-corrected chi connectivity index (χ2v) is 2.67. The fourth-order valence-electron chi connectivity index (χ4n) is 1.04. The molecule has 1 atom stereocenters. The third-order valence-corrected chi connectivity index (χ3v) is 1.65. The monoisotopic (exact) mass is 191 g/mol. The molecule has 0 amide bonds. The number of hydrogen-bond donors (Lipinski definition) is 3. The Hall–Kier alpha value is -0.0600. The van der Waals surface area contributed by atoms with Crippen molar-refractivity contribution in [3.63, 3.8) is 0 Å². The minimum absolute atomic E-state index is 0. The van der Waals surface area contributed by atoms with Gasteiger partial charge in [0.25, 0.3) is 0 Å². The average molecular weight is 191 g/mol. The van der Waals surface area contributed by atoms with E-state index in [0.717, 1.165) is 5.56 Å². The minimum Gasteiger partial charge on any atom is -1.00 e. The van der Waals surface area contributed by atoms with E-state index >= 15 is 0 Å². The maximum atomic E-state index is 9.47. The van der Waals surface area contributed by atoms with Crippen LogP contribution in [0.25, 0.3) is 0 Å². The molecule has 0 saturated heterocycles. The molecule has 13 heavy (non-hydrogen) atoms. The predicted molar refractivity (Wildman–Crippen MR) is 48.1 cm³/mol. The summed E-state index contributed by atoms with van der Waals surface area (Å²) in [6, 6.07) is 6.63. The Morgan fingerprint density at radius 3 is 2.77 bits per heavy atom. The Morgan fingerprint density at radius 1 is 1.54 bits per heavy atom. The summed E-state index contributed by atoms with van der Waals surface area (Å²) in [7, 11) is 1.77. The number of nitrogens with one attached hydrogen (secondary N) is 1. The van der Waals surface area contributed by atoms with Crippen LogP contribution in [0.4, 0.5) is 0 Å². The number of aliphatic hydroxyl groups excluding tert-OH is 1. The van der Waals surface area contributed by atoms with E-state index in [-0.39, 0.29) is 36.7 Å². The topological polar surface area (TPSA) is 52.5 Å². The van der Waals surface area contributed by atoms with E-state index < -0.39 is 6.10 Å². The number of likely N-dealkylation sites (N-methyl/N-ethyl adjacent to an activating group) is 1. The normalized spacial score (nSPS) is 11.8. The van der Waals surface area contributed by atoms with Crippen LogP contribution in [0.2, 0.25) is 0 Å². The third-order valence-electron chi connectivity index (χ3n) is 1.65. The molecule has 1 aromatic carbocycles. The van der Waals surface area contributed by atoms with Gasteiger partial charge < -0.3 is 17.0 Å². The van der Waals surface area contributed by atoms with Gasteiger partial charge in [-0.15, -0.1) is 0 Å². The van der Waals surface area contributed by atoms with Crippen LogP contribution in [0.1, 0.15) is 13.1 Å². The first-order valence-corrected chi connectivity index (χ1v) is 3.85. The molecular weight excluding hydrogens is 177 g/mol. The molecule has 0 unspecified atom stereocenters. The van der Waals surface area contributed by atoms with E-state index in [1.807, 2.05) is 0 Å². The summed E-state index contributed by atoms with van der Waals surface area (Å²) >= 11 is 0. The third kappa shape index (κ3) is 4.11. The number of benzene rings is 1. The van der Waals surface area contributed by atoms with Crippen molar-refractivity contribution >= 4 is 0 Å². The summed E-state index contributed by atoms with van der Waals surface area (Å²) < 4.78 is 0. The number of rotatable bonds is 3. The van der Waals surface area contributed by atoms with Gasteiger partial charge in [0.05, 0.1) is 6.10 Å². The summed E-state index contributed by atoms with van der Waals surface area (Å²) in [6.07, 6.45) is -0.554. The number of aromatic hydroxyl groups is 1. The number of phenols is 1. The average Bonchev–Trinajstić information content (AvgIpc) is 2.05. The SMILES string of the molecule is CNC[C@H](O)c1cccc(O)c1.[H-].[Na+]. The van der Waals surface area contributed by atoms with Gasteiger partial charge in [-0.3, -0.25) is 0 Å². The van der Waals surface area contributed by atoms with Crippen molar-refractivity contribution in [2.75, 3.05) is 13.6 Å². The van der Waals surface area contributed by atoms with Crippen LogP contribution >= 0.6 is 0 Å². The molecule has 0 heterocycles. The van der Waals surface area contributed by atoms with Gasteiger partial charge in [-0.2, -0.15) is 0 Å². The zero-order chi connectivity index (χ0) is 8.97. The summed E-state index contributed by atoms with van der Waals surface area (Å²) in [5, 5.41) is 21.4. The summed E-state index contributed by atoms with van der Waals surface area (Å²) in [6.45, 7) is 0.490. The predicted octanol–water partition coefficient (Wildman–Crippen LogP) is -2.24. The van der Waals surface area contributed by atoms with Crippen LogP contribution in [0.5, 0.6) is 5.75 Å². The number of aliphatic hydroxyl groups is 1. The number of hydrogen-bond acceptors (Lipinski definition) is 3. The van der Waals surface area contributed by atoms with E-state index in [2.05, 4.69) is 5.32 Å². The van der Waals surface area contributed by atoms with Crippen LogP contribution in [0.3, 0.4) is 0 Å². The molecule has 0 spiro atoms. The fraction of sp³-hybridized carbons (Fsp3) is 0.333. The minimum atomic E-state index is -0.554. The van der Waals surface area contributed by atoms with Crippen molar-refractivity contribution in [3.8, 4) is 5.75 Å². The van der Waals surface area contributed by atoms with Gasteiger partial charge in [0.15, 0.2) is 0 Å². The van der Waals surface area contributed by atoms with Crippen molar-refractivity contribution in [2.45, 2.75) is 6.10 Å². The zero-order valence-electron chi connectivity index (χ0n) is 8.99. The van der Waals surface area contributed by atoms with Gasteiger partial charge in [-0.05, 0) is 24.7 Å².